The third kappa shape index (κ3) is 2.20. The standard InChI is InChI=1S/C14H10N2O2/c1-18-14(17)11(9-15)8-10-6-7-16-13-5-3-2-4-12(10)13/h2-8H,1H3/b11-8+. The van der Waals surface area contributed by atoms with Crippen LogP contribution >= 0.6 is 0 Å². The molecule has 0 spiro atoms. The molecule has 0 atom stereocenters. The number of esters is 1. The summed E-state index contributed by atoms with van der Waals surface area (Å²) in [5, 5.41) is 9.81. The van der Waals surface area contributed by atoms with Crippen molar-refractivity contribution in [2.75, 3.05) is 7.11 Å². The maximum atomic E-state index is 11.4. The Morgan fingerprint density at radius 3 is 2.89 bits per heavy atom. The lowest BCUT2D eigenvalue weighted by Gasteiger charge is -2.02. The average molecular weight is 238 g/mol. The zero-order valence-electron chi connectivity index (χ0n) is 9.75. The van der Waals surface area contributed by atoms with Crippen LogP contribution in [-0.2, 0) is 9.53 Å². The molecule has 18 heavy (non-hydrogen) atoms. The second kappa shape index (κ2) is 5.11. The van der Waals surface area contributed by atoms with Gasteiger partial charge in [-0.15, -0.1) is 0 Å². The number of nitriles is 1. The molecule has 0 aliphatic carbocycles. The van der Waals surface area contributed by atoms with Crippen LogP contribution in [-0.4, -0.2) is 18.1 Å². The van der Waals surface area contributed by atoms with E-state index < -0.39 is 5.97 Å². The highest BCUT2D eigenvalue weighted by molar-refractivity contribution is 6.00. The average Bonchev–Trinajstić information content (AvgIpc) is 2.44. The molecule has 0 saturated heterocycles. The molecule has 2 aromatic rings. The van der Waals surface area contributed by atoms with Crippen molar-refractivity contribution >= 4 is 22.9 Å². The molecule has 0 N–H and O–H groups in total. The summed E-state index contributed by atoms with van der Waals surface area (Å²) in [6.45, 7) is 0. The lowest BCUT2D eigenvalue weighted by molar-refractivity contribution is -0.135. The van der Waals surface area contributed by atoms with Crippen LogP contribution in [0.25, 0.3) is 17.0 Å². The van der Waals surface area contributed by atoms with Gasteiger partial charge < -0.3 is 4.74 Å². The van der Waals surface area contributed by atoms with Crippen LogP contribution in [0, 0.1) is 11.3 Å². The van der Waals surface area contributed by atoms with Gasteiger partial charge in [-0.2, -0.15) is 5.26 Å². The molecule has 4 heteroatoms. The molecule has 0 amide bonds. The maximum absolute atomic E-state index is 11.4. The van der Waals surface area contributed by atoms with Gasteiger partial charge in [-0.25, -0.2) is 4.79 Å². The van der Waals surface area contributed by atoms with E-state index in [9.17, 15) is 4.79 Å². The summed E-state index contributed by atoms with van der Waals surface area (Å²) in [7, 11) is 1.25. The summed E-state index contributed by atoms with van der Waals surface area (Å²) in [6.07, 6.45) is 3.15. The Hall–Kier alpha value is -2.67. The van der Waals surface area contributed by atoms with Gasteiger partial charge in [-0.1, -0.05) is 18.2 Å². The van der Waals surface area contributed by atoms with Crippen LogP contribution in [0.3, 0.4) is 0 Å². The summed E-state index contributed by atoms with van der Waals surface area (Å²) < 4.78 is 4.54. The predicted molar refractivity (Wildman–Crippen MR) is 67.3 cm³/mol. The summed E-state index contributed by atoms with van der Waals surface area (Å²) in [4.78, 5) is 15.6. The van der Waals surface area contributed by atoms with E-state index in [2.05, 4.69) is 9.72 Å². The van der Waals surface area contributed by atoms with Gasteiger partial charge in [0.15, 0.2) is 0 Å². The van der Waals surface area contributed by atoms with E-state index >= 15 is 0 Å². The number of benzene rings is 1. The molecule has 0 radical (unpaired) electrons. The highest BCUT2D eigenvalue weighted by Crippen LogP contribution is 2.19. The fourth-order valence-corrected chi connectivity index (χ4v) is 1.65. The van der Waals surface area contributed by atoms with Crippen molar-refractivity contribution in [2.24, 2.45) is 0 Å². The number of methoxy groups -OCH3 is 1. The number of fused-ring (bicyclic) bond motifs is 1. The van der Waals surface area contributed by atoms with Gasteiger partial charge in [0.25, 0.3) is 0 Å². The van der Waals surface area contributed by atoms with Crippen molar-refractivity contribution in [3.05, 3.63) is 47.7 Å². The van der Waals surface area contributed by atoms with Gasteiger partial charge in [-0.3, -0.25) is 4.98 Å². The van der Waals surface area contributed by atoms with Crippen molar-refractivity contribution in [3.63, 3.8) is 0 Å². The van der Waals surface area contributed by atoms with E-state index in [0.717, 1.165) is 16.5 Å². The number of ether oxygens (including phenoxy) is 1. The first-order chi connectivity index (χ1) is 8.76. The Kier molecular flexibility index (Phi) is 3.35. The number of hydrogen-bond donors (Lipinski definition) is 0. The molecule has 0 fully saturated rings. The Balaban J connectivity index is 2.59. The van der Waals surface area contributed by atoms with Crippen LogP contribution < -0.4 is 0 Å². The monoisotopic (exact) mass is 238 g/mol. The Labute approximate surface area is 104 Å². The zero-order chi connectivity index (χ0) is 13.0. The fraction of sp³-hybridized carbons (Fsp3) is 0.0714. The minimum Gasteiger partial charge on any atom is -0.465 e. The van der Waals surface area contributed by atoms with Crippen molar-refractivity contribution in [1.82, 2.24) is 4.98 Å². The molecule has 0 aliphatic rings. The second-order valence-electron chi connectivity index (χ2n) is 3.58. The van der Waals surface area contributed by atoms with Gasteiger partial charge in [0.2, 0.25) is 0 Å². The lowest BCUT2D eigenvalue weighted by Crippen LogP contribution is -2.02. The summed E-state index contributed by atoms with van der Waals surface area (Å²) in [5.41, 5.74) is 1.55. The first kappa shape index (κ1) is 11.8. The van der Waals surface area contributed by atoms with Crippen molar-refractivity contribution in [3.8, 4) is 6.07 Å². The molecule has 0 unspecified atom stereocenters. The third-order valence-corrected chi connectivity index (χ3v) is 2.51. The molecular weight excluding hydrogens is 228 g/mol. The van der Waals surface area contributed by atoms with Crippen LogP contribution in [0.1, 0.15) is 5.56 Å². The largest absolute Gasteiger partial charge is 0.465 e. The predicted octanol–water partition coefficient (Wildman–Crippen LogP) is 2.31. The van der Waals surface area contributed by atoms with Gasteiger partial charge in [0, 0.05) is 11.6 Å². The van der Waals surface area contributed by atoms with Crippen LogP contribution in [0.5, 0.6) is 0 Å². The third-order valence-electron chi connectivity index (χ3n) is 2.51. The van der Waals surface area contributed by atoms with E-state index in [1.165, 1.54) is 13.2 Å². The van der Waals surface area contributed by atoms with E-state index in [4.69, 9.17) is 5.26 Å². The number of para-hydroxylation sites is 1. The fourth-order valence-electron chi connectivity index (χ4n) is 1.65. The molecule has 1 aromatic carbocycles. The minimum absolute atomic E-state index is 0.0335. The number of nitrogens with zero attached hydrogens (tertiary/aromatic N) is 2. The maximum Gasteiger partial charge on any atom is 0.348 e. The minimum atomic E-state index is -0.640. The van der Waals surface area contributed by atoms with Crippen LogP contribution in [0.15, 0.2) is 42.1 Å². The molecular formula is C14H10N2O2. The van der Waals surface area contributed by atoms with Crippen LogP contribution in [0.4, 0.5) is 0 Å². The van der Waals surface area contributed by atoms with E-state index in [1.807, 2.05) is 30.3 Å². The molecule has 0 saturated carbocycles. The van der Waals surface area contributed by atoms with E-state index in [0.29, 0.717) is 0 Å². The second-order valence-corrected chi connectivity index (χ2v) is 3.58. The summed E-state index contributed by atoms with van der Waals surface area (Å²) in [5.74, 6) is -0.640. The Morgan fingerprint density at radius 1 is 1.39 bits per heavy atom. The van der Waals surface area contributed by atoms with Gasteiger partial charge >= 0.3 is 5.97 Å². The van der Waals surface area contributed by atoms with Gasteiger partial charge in [0.05, 0.1) is 12.6 Å². The first-order valence-electron chi connectivity index (χ1n) is 5.30. The molecule has 88 valence electrons. The SMILES string of the molecule is COC(=O)/C(C#N)=C/c1ccnc2ccccc12. The molecule has 1 aromatic heterocycles. The summed E-state index contributed by atoms with van der Waals surface area (Å²) >= 11 is 0. The topological polar surface area (TPSA) is 63.0 Å². The number of carbonyl (C=O) groups excluding carboxylic acids is 1. The molecule has 0 aliphatic heterocycles. The first-order valence-corrected chi connectivity index (χ1v) is 5.30. The lowest BCUT2D eigenvalue weighted by atomic mass is 10.1. The number of aromatic nitrogens is 1. The van der Waals surface area contributed by atoms with Crippen molar-refractivity contribution < 1.29 is 9.53 Å². The Bertz CT molecular complexity index is 664. The molecule has 1 heterocycles. The molecule has 4 nitrogen and oxygen atoms in total. The highest BCUT2D eigenvalue weighted by Gasteiger charge is 2.09. The normalized spacial score (nSPS) is 11.0. The number of carbonyl (C=O) groups is 1. The number of pyridine rings is 1. The smallest absolute Gasteiger partial charge is 0.348 e. The molecule has 2 rings (SSSR count). The molecule has 0 bridgehead atoms. The Morgan fingerprint density at radius 2 is 2.17 bits per heavy atom. The highest BCUT2D eigenvalue weighted by atomic mass is 16.5. The van der Waals surface area contributed by atoms with Crippen molar-refractivity contribution in [1.29, 1.82) is 5.26 Å². The van der Waals surface area contributed by atoms with Gasteiger partial charge in [0.1, 0.15) is 11.6 Å². The summed E-state index contributed by atoms with van der Waals surface area (Å²) in [6, 6.07) is 11.1. The van der Waals surface area contributed by atoms with Crippen molar-refractivity contribution in [2.45, 2.75) is 0 Å². The van der Waals surface area contributed by atoms with E-state index in [-0.39, 0.29) is 5.57 Å². The quantitative estimate of drug-likeness (QED) is 0.457. The van der Waals surface area contributed by atoms with Crippen LogP contribution in [0.2, 0.25) is 0 Å². The number of rotatable bonds is 2. The zero-order valence-corrected chi connectivity index (χ0v) is 9.75. The van der Waals surface area contributed by atoms with Gasteiger partial charge in [-0.05, 0) is 23.8 Å². The van der Waals surface area contributed by atoms with E-state index in [1.54, 1.807) is 12.3 Å². The number of hydrogen-bond acceptors (Lipinski definition) is 4.